The molecular formula is C16H26ClN5O2. The average Bonchev–Trinajstić information content (AvgIpc) is 3.13. The second-order valence-electron chi connectivity index (χ2n) is 6.50. The predicted molar refractivity (Wildman–Crippen MR) is 94.2 cm³/mol. The van der Waals surface area contributed by atoms with E-state index in [-0.39, 0.29) is 24.2 Å². The maximum Gasteiger partial charge on any atom is 0.249 e. The van der Waals surface area contributed by atoms with Crippen LogP contribution in [0.4, 0.5) is 5.69 Å². The van der Waals surface area contributed by atoms with Crippen molar-refractivity contribution in [2.24, 2.45) is 13.0 Å². The van der Waals surface area contributed by atoms with Gasteiger partial charge in [-0.2, -0.15) is 5.10 Å². The zero-order chi connectivity index (χ0) is 16.2. The molecule has 0 radical (unpaired) electrons. The second-order valence-corrected chi connectivity index (χ2v) is 6.50. The minimum atomic E-state index is -0.393. The first-order valence-electron chi connectivity index (χ1n) is 8.43. The smallest absolute Gasteiger partial charge is 0.249 e. The number of rotatable bonds is 5. The second kappa shape index (κ2) is 8.48. The normalized spacial score (nSPS) is 21.6. The number of hydrogen-bond donors (Lipinski definition) is 2. The number of nitrogens with one attached hydrogen (secondary N) is 2. The van der Waals surface area contributed by atoms with E-state index in [1.165, 1.54) is 0 Å². The highest BCUT2D eigenvalue weighted by molar-refractivity contribution is 6.01. The molecule has 1 aromatic rings. The van der Waals surface area contributed by atoms with Gasteiger partial charge in [-0.15, -0.1) is 12.4 Å². The lowest BCUT2D eigenvalue weighted by molar-refractivity contribution is -0.126. The molecule has 2 N–H and O–H groups in total. The van der Waals surface area contributed by atoms with E-state index in [1.54, 1.807) is 15.8 Å². The van der Waals surface area contributed by atoms with Crippen molar-refractivity contribution >= 4 is 29.9 Å². The molecule has 3 rings (SSSR count). The van der Waals surface area contributed by atoms with Gasteiger partial charge in [-0.1, -0.05) is 0 Å². The summed E-state index contributed by atoms with van der Waals surface area (Å²) >= 11 is 0. The fraction of sp³-hybridized carbons (Fsp3) is 0.688. The van der Waals surface area contributed by atoms with Crippen LogP contribution in [0.25, 0.3) is 0 Å². The van der Waals surface area contributed by atoms with Gasteiger partial charge >= 0.3 is 0 Å². The number of hydrogen-bond acceptors (Lipinski definition) is 4. The Bertz CT molecular complexity index is 571. The maximum absolute atomic E-state index is 12.4. The third-order valence-electron chi connectivity index (χ3n) is 4.78. The van der Waals surface area contributed by atoms with Crippen molar-refractivity contribution in [2.45, 2.75) is 38.1 Å². The van der Waals surface area contributed by atoms with Gasteiger partial charge < -0.3 is 15.5 Å². The zero-order valence-corrected chi connectivity index (χ0v) is 14.8. The maximum atomic E-state index is 12.4. The van der Waals surface area contributed by atoms with E-state index in [2.05, 4.69) is 15.7 Å². The Kier molecular flexibility index (Phi) is 6.62. The van der Waals surface area contributed by atoms with Crippen LogP contribution in [0.3, 0.4) is 0 Å². The number of anilines is 1. The molecule has 0 bridgehead atoms. The summed E-state index contributed by atoms with van der Waals surface area (Å²) in [5.74, 6) is 0.594. The van der Waals surface area contributed by atoms with E-state index >= 15 is 0 Å². The number of nitrogens with zero attached hydrogens (tertiary/aromatic N) is 3. The fourth-order valence-electron chi connectivity index (χ4n) is 3.39. The molecule has 2 fully saturated rings. The van der Waals surface area contributed by atoms with Gasteiger partial charge in [0, 0.05) is 26.2 Å². The van der Waals surface area contributed by atoms with Crippen LogP contribution in [0.2, 0.25) is 0 Å². The van der Waals surface area contributed by atoms with Gasteiger partial charge in [-0.3, -0.25) is 14.3 Å². The lowest BCUT2D eigenvalue weighted by Crippen LogP contribution is -2.41. The van der Waals surface area contributed by atoms with Crippen molar-refractivity contribution in [1.82, 2.24) is 20.4 Å². The molecule has 1 unspecified atom stereocenters. The van der Waals surface area contributed by atoms with E-state index in [9.17, 15) is 9.59 Å². The van der Waals surface area contributed by atoms with Crippen LogP contribution in [-0.2, 0) is 16.6 Å². The summed E-state index contributed by atoms with van der Waals surface area (Å²) in [6.07, 6.45) is 7.88. The van der Waals surface area contributed by atoms with Crippen LogP contribution in [-0.4, -0.2) is 47.3 Å². The van der Waals surface area contributed by atoms with Crippen molar-refractivity contribution in [3.63, 3.8) is 0 Å². The van der Waals surface area contributed by atoms with Crippen LogP contribution in [0, 0.1) is 5.92 Å². The molecule has 2 amide bonds. The molecule has 0 saturated carbocycles. The van der Waals surface area contributed by atoms with Gasteiger partial charge in [0.05, 0.1) is 11.9 Å². The molecule has 2 aliphatic heterocycles. The first kappa shape index (κ1) is 18.7. The Morgan fingerprint density at radius 1 is 1.38 bits per heavy atom. The monoisotopic (exact) mass is 355 g/mol. The Balaban J connectivity index is 0.00000208. The average molecular weight is 356 g/mol. The number of carbonyl (C=O) groups excluding carboxylic acids is 2. The minimum absolute atomic E-state index is 0. The molecule has 2 saturated heterocycles. The van der Waals surface area contributed by atoms with Crippen molar-refractivity contribution in [3.8, 4) is 0 Å². The lowest BCUT2D eigenvalue weighted by atomic mass is 9.93. The number of halogens is 1. The summed E-state index contributed by atoms with van der Waals surface area (Å²) < 4.78 is 1.67. The number of aryl methyl sites for hydroxylation is 1. The van der Waals surface area contributed by atoms with Crippen LogP contribution in [0.5, 0.6) is 0 Å². The molecule has 2 aliphatic rings. The van der Waals surface area contributed by atoms with Gasteiger partial charge in [-0.25, -0.2) is 0 Å². The Morgan fingerprint density at radius 3 is 2.79 bits per heavy atom. The van der Waals surface area contributed by atoms with Gasteiger partial charge in [0.25, 0.3) is 0 Å². The minimum Gasteiger partial charge on any atom is -0.344 e. The van der Waals surface area contributed by atoms with Gasteiger partial charge in [0.2, 0.25) is 11.8 Å². The van der Waals surface area contributed by atoms with Crippen molar-refractivity contribution in [2.75, 3.05) is 24.5 Å². The summed E-state index contributed by atoms with van der Waals surface area (Å²) in [5.41, 5.74) is 0.795. The summed E-state index contributed by atoms with van der Waals surface area (Å²) in [6, 6.07) is -0.393. The molecule has 8 heteroatoms. The van der Waals surface area contributed by atoms with Gasteiger partial charge in [-0.05, 0) is 44.7 Å². The third-order valence-corrected chi connectivity index (χ3v) is 4.78. The SMILES string of the molecule is Cl.Cn1cc(N2CCC(NC(=O)CCC3CCNCC3)C2=O)cn1. The molecule has 134 valence electrons. The number of carbonyl (C=O) groups is 2. The molecule has 24 heavy (non-hydrogen) atoms. The standard InChI is InChI=1S/C16H25N5O2.ClH/c1-20-11-13(10-18-20)21-9-6-14(16(21)23)19-15(22)3-2-12-4-7-17-8-5-12;/h10-12,14,17H,2-9H2,1H3,(H,19,22);1H. The van der Waals surface area contributed by atoms with Crippen molar-refractivity contribution < 1.29 is 9.59 Å². The summed E-state index contributed by atoms with van der Waals surface area (Å²) in [4.78, 5) is 26.2. The van der Waals surface area contributed by atoms with E-state index in [4.69, 9.17) is 0 Å². The summed E-state index contributed by atoms with van der Waals surface area (Å²) in [6.45, 7) is 2.73. The largest absolute Gasteiger partial charge is 0.344 e. The zero-order valence-electron chi connectivity index (χ0n) is 14.0. The highest BCUT2D eigenvalue weighted by Gasteiger charge is 2.34. The molecule has 7 nitrogen and oxygen atoms in total. The highest BCUT2D eigenvalue weighted by atomic mass is 35.5. The Morgan fingerprint density at radius 2 is 2.12 bits per heavy atom. The first-order chi connectivity index (χ1) is 11.1. The number of piperidine rings is 1. The lowest BCUT2D eigenvalue weighted by Gasteiger charge is -2.22. The third kappa shape index (κ3) is 4.48. The molecule has 0 aliphatic carbocycles. The topological polar surface area (TPSA) is 79.3 Å². The summed E-state index contributed by atoms with van der Waals surface area (Å²) in [7, 11) is 1.82. The predicted octanol–water partition coefficient (Wildman–Crippen LogP) is 0.843. The van der Waals surface area contributed by atoms with Crippen LogP contribution < -0.4 is 15.5 Å². The first-order valence-corrected chi connectivity index (χ1v) is 8.43. The number of aromatic nitrogens is 2. The van der Waals surface area contributed by atoms with Crippen molar-refractivity contribution in [1.29, 1.82) is 0 Å². The molecular weight excluding hydrogens is 330 g/mol. The van der Waals surface area contributed by atoms with Gasteiger partial charge in [0.1, 0.15) is 6.04 Å². The number of amides is 2. The van der Waals surface area contributed by atoms with Gasteiger partial charge in [0.15, 0.2) is 0 Å². The Hall–Kier alpha value is -1.60. The fourth-order valence-corrected chi connectivity index (χ4v) is 3.39. The van der Waals surface area contributed by atoms with Crippen LogP contribution in [0.15, 0.2) is 12.4 Å². The highest BCUT2D eigenvalue weighted by Crippen LogP contribution is 2.21. The Labute approximate surface area is 148 Å². The van der Waals surface area contributed by atoms with E-state index in [0.29, 0.717) is 25.3 Å². The molecule has 0 aromatic carbocycles. The van der Waals surface area contributed by atoms with E-state index in [1.807, 2.05) is 13.2 Å². The van der Waals surface area contributed by atoms with E-state index < -0.39 is 6.04 Å². The van der Waals surface area contributed by atoms with Crippen LogP contribution in [0.1, 0.15) is 32.1 Å². The quantitative estimate of drug-likeness (QED) is 0.820. The summed E-state index contributed by atoms with van der Waals surface area (Å²) in [5, 5.41) is 10.3. The molecule has 3 heterocycles. The van der Waals surface area contributed by atoms with E-state index in [0.717, 1.165) is 38.0 Å². The van der Waals surface area contributed by atoms with Crippen LogP contribution >= 0.6 is 12.4 Å². The molecule has 0 spiro atoms. The van der Waals surface area contributed by atoms with Crippen molar-refractivity contribution in [3.05, 3.63) is 12.4 Å². The molecule has 1 atom stereocenters. The molecule has 1 aromatic heterocycles.